The van der Waals surface area contributed by atoms with Crippen molar-refractivity contribution in [1.29, 1.82) is 0 Å². The summed E-state index contributed by atoms with van der Waals surface area (Å²) in [5.41, 5.74) is 2.65. The molecule has 0 aliphatic carbocycles. The fourth-order valence-electron chi connectivity index (χ4n) is 1.64. The van der Waals surface area contributed by atoms with E-state index in [1.54, 1.807) is 12.1 Å². The first-order chi connectivity index (χ1) is 7.78. The summed E-state index contributed by atoms with van der Waals surface area (Å²) in [5, 5.41) is 0. The molecule has 0 N–H and O–H groups in total. The van der Waals surface area contributed by atoms with Gasteiger partial charge in [-0.3, -0.25) is 4.79 Å². The van der Waals surface area contributed by atoms with E-state index in [9.17, 15) is 4.79 Å². The van der Waals surface area contributed by atoms with Crippen molar-refractivity contribution in [3.8, 4) is 0 Å². The molecule has 0 amide bonds. The molecule has 16 heavy (non-hydrogen) atoms. The van der Waals surface area contributed by atoms with Gasteiger partial charge in [-0.1, -0.05) is 31.2 Å². The molecule has 0 aliphatic rings. The Morgan fingerprint density at radius 2 is 1.50 bits per heavy atom. The Hall–Kier alpha value is -1.83. The Bertz CT molecular complexity index is 491. The highest BCUT2D eigenvalue weighted by atomic mass is 16.1. The normalized spacial score (nSPS) is 10.3. The number of nitrogens with zero attached hydrogens (tertiary/aromatic N) is 1. The zero-order valence-electron chi connectivity index (χ0n) is 9.39. The summed E-state index contributed by atoms with van der Waals surface area (Å²) in [7, 11) is 0. The third-order valence-corrected chi connectivity index (χ3v) is 2.66. The van der Waals surface area contributed by atoms with Crippen molar-refractivity contribution in [2.24, 2.45) is 0 Å². The van der Waals surface area contributed by atoms with Crippen molar-refractivity contribution in [1.82, 2.24) is 4.57 Å². The van der Waals surface area contributed by atoms with Gasteiger partial charge in [0.05, 0.1) is 0 Å². The molecule has 0 bridgehead atoms. The van der Waals surface area contributed by atoms with E-state index in [1.807, 2.05) is 17.0 Å². The number of aryl methyl sites for hydroxylation is 1. The van der Waals surface area contributed by atoms with Gasteiger partial charge in [0.2, 0.25) is 0 Å². The lowest BCUT2D eigenvalue weighted by molar-refractivity contribution is 0.788. The molecule has 2 rings (SSSR count). The number of hydrogen-bond acceptors (Lipinski definition) is 1. The molecule has 0 saturated heterocycles. The van der Waals surface area contributed by atoms with Gasteiger partial charge in [0.25, 0.3) is 0 Å². The maximum absolute atomic E-state index is 10.9. The molecule has 2 aromatic rings. The van der Waals surface area contributed by atoms with Crippen LogP contribution in [0.2, 0.25) is 0 Å². The predicted molar refractivity (Wildman–Crippen MR) is 65.6 cm³/mol. The second kappa shape index (κ2) is 4.79. The summed E-state index contributed by atoms with van der Waals surface area (Å²) in [4.78, 5) is 10.9. The lowest BCUT2D eigenvalue weighted by Gasteiger charge is -2.06. The average molecular weight is 213 g/mol. The van der Waals surface area contributed by atoms with E-state index in [0.717, 1.165) is 13.0 Å². The molecule has 0 atom stereocenters. The Labute approximate surface area is 95.2 Å². The molecule has 82 valence electrons. The third kappa shape index (κ3) is 2.60. The van der Waals surface area contributed by atoms with Crippen molar-refractivity contribution in [3.05, 3.63) is 70.1 Å². The Balaban J connectivity index is 2.14. The smallest absolute Gasteiger partial charge is 0.181 e. The zero-order chi connectivity index (χ0) is 11.4. The van der Waals surface area contributed by atoms with Crippen LogP contribution in [-0.2, 0) is 13.0 Å². The van der Waals surface area contributed by atoms with Crippen LogP contribution in [0.25, 0.3) is 0 Å². The monoisotopic (exact) mass is 213 g/mol. The predicted octanol–water partition coefficient (Wildman–Crippen LogP) is 2.46. The zero-order valence-corrected chi connectivity index (χ0v) is 9.39. The number of hydrogen-bond donors (Lipinski definition) is 0. The van der Waals surface area contributed by atoms with Gasteiger partial charge in [-0.15, -0.1) is 0 Å². The molecule has 0 unspecified atom stereocenters. The lowest BCUT2D eigenvalue weighted by Crippen LogP contribution is -2.04. The minimum atomic E-state index is 0.0533. The molecular formula is C14H15NO. The van der Waals surface area contributed by atoms with Gasteiger partial charge in [0.15, 0.2) is 5.43 Å². The molecule has 1 aromatic carbocycles. The summed E-state index contributed by atoms with van der Waals surface area (Å²) in [6.45, 7) is 2.96. The number of rotatable bonds is 3. The SMILES string of the molecule is CCc1ccc(Cn2ccc(=O)cc2)cc1. The fraction of sp³-hybridized carbons (Fsp3) is 0.214. The Kier molecular flexibility index (Phi) is 3.20. The topological polar surface area (TPSA) is 22.0 Å². The van der Waals surface area contributed by atoms with Crippen LogP contribution in [-0.4, -0.2) is 4.57 Å². The quantitative estimate of drug-likeness (QED) is 0.767. The summed E-state index contributed by atoms with van der Waals surface area (Å²) in [6, 6.07) is 11.7. The van der Waals surface area contributed by atoms with E-state index in [-0.39, 0.29) is 5.43 Å². The summed E-state index contributed by atoms with van der Waals surface area (Å²) >= 11 is 0. The Morgan fingerprint density at radius 1 is 0.938 bits per heavy atom. The van der Waals surface area contributed by atoms with Crippen LogP contribution in [0.1, 0.15) is 18.1 Å². The van der Waals surface area contributed by atoms with Crippen LogP contribution in [0.15, 0.2) is 53.6 Å². The molecule has 0 spiro atoms. The molecule has 0 radical (unpaired) electrons. The van der Waals surface area contributed by atoms with Crippen LogP contribution in [0.3, 0.4) is 0 Å². The van der Waals surface area contributed by atoms with E-state index >= 15 is 0 Å². The van der Waals surface area contributed by atoms with Crippen molar-refractivity contribution < 1.29 is 0 Å². The first kappa shape index (κ1) is 10.7. The third-order valence-electron chi connectivity index (χ3n) is 2.66. The lowest BCUT2D eigenvalue weighted by atomic mass is 10.1. The Morgan fingerprint density at radius 3 is 2.06 bits per heavy atom. The van der Waals surface area contributed by atoms with E-state index in [0.29, 0.717) is 0 Å². The average Bonchev–Trinajstić information content (AvgIpc) is 2.33. The number of aromatic nitrogens is 1. The maximum Gasteiger partial charge on any atom is 0.181 e. The van der Waals surface area contributed by atoms with Gasteiger partial charge in [0.1, 0.15) is 0 Å². The van der Waals surface area contributed by atoms with Crippen LogP contribution in [0, 0.1) is 0 Å². The van der Waals surface area contributed by atoms with Gasteiger partial charge in [-0.2, -0.15) is 0 Å². The van der Waals surface area contributed by atoms with Crippen molar-refractivity contribution in [2.75, 3.05) is 0 Å². The number of pyridine rings is 1. The molecule has 0 fully saturated rings. The van der Waals surface area contributed by atoms with Crippen molar-refractivity contribution >= 4 is 0 Å². The second-order valence-electron chi connectivity index (χ2n) is 3.88. The van der Waals surface area contributed by atoms with E-state index in [2.05, 4.69) is 31.2 Å². The minimum absolute atomic E-state index is 0.0533. The van der Waals surface area contributed by atoms with Crippen LogP contribution in [0.5, 0.6) is 0 Å². The summed E-state index contributed by atoms with van der Waals surface area (Å²) < 4.78 is 2.00. The first-order valence-corrected chi connectivity index (χ1v) is 5.52. The largest absolute Gasteiger partial charge is 0.350 e. The second-order valence-corrected chi connectivity index (χ2v) is 3.88. The van der Waals surface area contributed by atoms with Gasteiger partial charge in [0, 0.05) is 31.1 Å². The van der Waals surface area contributed by atoms with Gasteiger partial charge in [-0.05, 0) is 17.5 Å². The van der Waals surface area contributed by atoms with E-state index in [4.69, 9.17) is 0 Å². The van der Waals surface area contributed by atoms with Crippen LogP contribution in [0.4, 0.5) is 0 Å². The molecule has 0 saturated carbocycles. The first-order valence-electron chi connectivity index (χ1n) is 5.52. The van der Waals surface area contributed by atoms with Crippen molar-refractivity contribution in [2.45, 2.75) is 19.9 Å². The van der Waals surface area contributed by atoms with Crippen LogP contribution >= 0.6 is 0 Å². The summed E-state index contributed by atoms with van der Waals surface area (Å²) in [5.74, 6) is 0. The van der Waals surface area contributed by atoms with Gasteiger partial charge >= 0.3 is 0 Å². The van der Waals surface area contributed by atoms with Gasteiger partial charge in [-0.25, -0.2) is 0 Å². The number of benzene rings is 1. The van der Waals surface area contributed by atoms with E-state index in [1.165, 1.54) is 11.1 Å². The minimum Gasteiger partial charge on any atom is -0.350 e. The highest BCUT2D eigenvalue weighted by Gasteiger charge is 1.94. The van der Waals surface area contributed by atoms with Crippen molar-refractivity contribution in [3.63, 3.8) is 0 Å². The highest BCUT2D eigenvalue weighted by Crippen LogP contribution is 2.06. The summed E-state index contributed by atoms with van der Waals surface area (Å²) in [6.07, 6.45) is 4.70. The maximum atomic E-state index is 10.9. The molecule has 1 heterocycles. The molecule has 0 aliphatic heterocycles. The highest BCUT2D eigenvalue weighted by molar-refractivity contribution is 5.22. The fourth-order valence-corrected chi connectivity index (χ4v) is 1.64. The molecular weight excluding hydrogens is 198 g/mol. The van der Waals surface area contributed by atoms with Crippen LogP contribution < -0.4 is 5.43 Å². The molecule has 2 heteroatoms. The van der Waals surface area contributed by atoms with Gasteiger partial charge < -0.3 is 4.57 Å². The standard InChI is InChI=1S/C14H15NO/c1-2-12-3-5-13(6-4-12)11-15-9-7-14(16)8-10-15/h3-10H,2,11H2,1H3. The molecule has 1 aromatic heterocycles. The van der Waals surface area contributed by atoms with E-state index < -0.39 is 0 Å². The molecule has 2 nitrogen and oxygen atoms in total.